The number of nitrogens with one attached hydrogen (secondary N) is 3. The van der Waals surface area contributed by atoms with Crippen LogP contribution in [0.3, 0.4) is 0 Å². The molecule has 2 amide bonds. The lowest BCUT2D eigenvalue weighted by Gasteiger charge is -2.35. The van der Waals surface area contributed by atoms with Crippen LogP contribution in [0.2, 0.25) is 0 Å². The molecule has 0 saturated carbocycles. The van der Waals surface area contributed by atoms with Crippen molar-refractivity contribution in [3.8, 4) is 0 Å². The van der Waals surface area contributed by atoms with E-state index in [0.29, 0.717) is 30.9 Å². The van der Waals surface area contributed by atoms with Crippen molar-refractivity contribution in [3.63, 3.8) is 0 Å². The Morgan fingerprint density at radius 3 is 2.54 bits per heavy atom. The summed E-state index contributed by atoms with van der Waals surface area (Å²) >= 11 is 5.22. The molecule has 3 N–H and O–H groups in total. The summed E-state index contributed by atoms with van der Waals surface area (Å²) in [7, 11) is 0. The first-order valence-electron chi connectivity index (χ1n) is 8.01. The molecule has 1 aromatic rings. The third kappa shape index (κ3) is 4.00. The topological polar surface area (TPSA) is 70.2 Å². The maximum Gasteiger partial charge on any atom is 0.237 e. The standard InChI is InChI=1S/C18H23N3O2S/c1-4-18(10-9-15(22)21-16(18)23)13-5-7-14(8-6-13)20-17(24)19-11-12(2)3/h5-8H,2,4,9-11H2,1,3H3,(H2,19,20,24)(H,21,22,23). The smallest absolute Gasteiger partial charge is 0.237 e. The van der Waals surface area contributed by atoms with E-state index in [1.165, 1.54) is 0 Å². The van der Waals surface area contributed by atoms with Gasteiger partial charge in [0, 0.05) is 18.7 Å². The predicted molar refractivity (Wildman–Crippen MR) is 99.8 cm³/mol. The number of carbonyl (C=O) groups is 2. The van der Waals surface area contributed by atoms with Gasteiger partial charge in [0.2, 0.25) is 11.8 Å². The summed E-state index contributed by atoms with van der Waals surface area (Å²) in [6.07, 6.45) is 1.56. The zero-order valence-corrected chi connectivity index (χ0v) is 14.9. The van der Waals surface area contributed by atoms with Gasteiger partial charge in [0.05, 0.1) is 5.41 Å². The van der Waals surface area contributed by atoms with Crippen LogP contribution < -0.4 is 16.0 Å². The number of hydrogen-bond donors (Lipinski definition) is 3. The van der Waals surface area contributed by atoms with Crippen LogP contribution in [-0.4, -0.2) is 23.5 Å². The number of rotatable bonds is 5. The molecule has 5 nitrogen and oxygen atoms in total. The van der Waals surface area contributed by atoms with E-state index in [2.05, 4.69) is 22.5 Å². The van der Waals surface area contributed by atoms with Gasteiger partial charge in [-0.1, -0.05) is 31.2 Å². The highest BCUT2D eigenvalue weighted by Crippen LogP contribution is 2.36. The second-order valence-electron chi connectivity index (χ2n) is 6.16. The summed E-state index contributed by atoms with van der Waals surface area (Å²) in [5.41, 5.74) is 2.13. The summed E-state index contributed by atoms with van der Waals surface area (Å²) in [4.78, 5) is 23.8. The second-order valence-corrected chi connectivity index (χ2v) is 6.56. The Hall–Kier alpha value is -2.21. The molecule has 0 radical (unpaired) electrons. The molecule has 1 aromatic carbocycles. The van der Waals surface area contributed by atoms with Crippen LogP contribution in [0, 0.1) is 0 Å². The average Bonchev–Trinajstić information content (AvgIpc) is 2.54. The molecule has 1 aliphatic rings. The van der Waals surface area contributed by atoms with Crippen molar-refractivity contribution in [2.45, 2.75) is 38.5 Å². The fourth-order valence-corrected chi connectivity index (χ4v) is 3.04. The normalized spacial score (nSPS) is 20.2. The first kappa shape index (κ1) is 18.1. The highest BCUT2D eigenvalue weighted by atomic mass is 32.1. The van der Waals surface area contributed by atoms with E-state index >= 15 is 0 Å². The van der Waals surface area contributed by atoms with E-state index in [-0.39, 0.29) is 11.8 Å². The maximum atomic E-state index is 12.4. The third-order valence-corrected chi connectivity index (χ3v) is 4.56. The molecule has 1 unspecified atom stereocenters. The molecule has 1 atom stereocenters. The van der Waals surface area contributed by atoms with Gasteiger partial charge in [0.25, 0.3) is 0 Å². The largest absolute Gasteiger partial charge is 0.359 e. The van der Waals surface area contributed by atoms with Crippen molar-refractivity contribution in [3.05, 3.63) is 42.0 Å². The van der Waals surface area contributed by atoms with E-state index in [1.54, 1.807) is 0 Å². The quantitative estimate of drug-likeness (QED) is 0.435. The highest BCUT2D eigenvalue weighted by molar-refractivity contribution is 7.80. The van der Waals surface area contributed by atoms with Gasteiger partial charge in [-0.25, -0.2) is 0 Å². The molecular weight excluding hydrogens is 322 g/mol. The van der Waals surface area contributed by atoms with Crippen LogP contribution in [0.15, 0.2) is 36.4 Å². The van der Waals surface area contributed by atoms with Crippen molar-refractivity contribution in [1.29, 1.82) is 0 Å². The van der Waals surface area contributed by atoms with E-state index in [9.17, 15) is 9.59 Å². The van der Waals surface area contributed by atoms with E-state index in [1.807, 2.05) is 38.1 Å². The minimum atomic E-state index is -0.634. The zero-order valence-electron chi connectivity index (χ0n) is 14.1. The zero-order chi connectivity index (χ0) is 17.7. The van der Waals surface area contributed by atoms with Gasteiger partial charge in [-0.3, -0.25) is 14.9 Å². The molecular formula is C18H23N3O2S. The van der Waals surface area contributed by atoms with Crippen LogP contribution >= 0.6 is 12.2 Å². The molecule has 1 aliphatic heterocycles. The number of anilines is 1. The van der Waals surface area contributed by atoms with Crippen molar-refractivity contribution in [2.24, 2.45) is 0 Å². The van der Waals surface area contributed by atoms with Crippen LogP contribution in [-0.2, 0) is 15.0 Å². The summed E-state index contributed by atoms with van der Waals surface area (Å²) in [5.74, 6) is -0.406. The minimum absolute atomic E-state index is 0.198. The Bertz CT molecular complexity index is 669. The molecule has 1 fully saturated rings. The Kier molecular flexibility index (Phi) is 5.72. The fraction of sp³-hybridized carbons (Fsp3) is 0.389. The maximum absolute atomic E-state index is 12.4. The van der Waals surface area contributed by atoms with Crippen molar-refractivity contribution in [1.82, 2.24) is 10.6 Å². The van der Waals surface area contributed by atoms with E-state index in [0.717, 1.165) is 16.8 Å². The van der Waals surface area contributed by atoms with Crippen LogP contribution in [0.4, 0.5) is 5.69 Å². The number of thiocarbonyl (C=S) groups is 1. The Morgan fingerprint density at radius 1 is 1.33 bits per heavy atom. The molecule has 24 heavy (non-hydrogen) atoms. The van der Waals surface area contributed by atoms with Crippen LogP contribution in [0.5, 0.6) is 0 Å². The lowest BCUT2D eigenvalue weighted by atomic mass is 9.72. The average molecular weight is 345 g/mol. The van der Waals surface area contributed by atoms with Gasteiger partial charge >= 0.3 is 0 Å². The lowest BCUT2D eigenvalue weighted by Crippen LogP contribution is -2.51. The van der Waals surface area contributed by atoms with Gasteiger partial charge in [-0.05, 0) is 49.7 Å². The Labute approximate surface area is 147 Å². The summed E-state index contributed by atoms with van der Waals surface area (Å²) in [6, 6.07) is 7.63. The summed E-state index contributed by atoms with van der Waals surface area (Å²) < 4.78 is 0. The highest BCUT2D eigenvalue weighted by Gasteiger charge is 2.42. The van der Waals surface area contributed by atoms with Crippen LogP contribution in [0.1, 0.15) is 38.7 Å². The van der Waals surface area contributed by atoms with Crippen molar-refractivity contribution >= 4 is 34.8 Å². The molecule has 1 heterocycles. The molecule has 0 aromatic heterocycles. The van der Waals surface area contributed by atoms with E-state index in [4.69, 9.17) is 12.2 Å². The minimum Gasteiger partial charge on any atom is -0.359 e. The molecule has 0 aliphatic carbocycles. The number of carbonyl (C=O) groups excluding carboxylic acids is 2. The van der Waals surface area contributed by atoms with Crippen molar-refractivity contribution in [2.75, 3.05) is 11.9 Å². The second kappa shape index (κ2) is 7.57. The lowest BCUT2D eigenvalue weighted by molar-refractivity contribution is -0.138. The molecule has 1 saturated heterocycles. The Balaban J connectivity index is 2.10. The number of imide groups is 1. The van der Waals surface area contributed by atoms with Crippen LogP contribution in [0.25, 0.3) is 0 Å². The molecule has 6 heteroatoms. The van der Waals surface area contributed by atoms with E-state index < -0.39 is 5.41 Å². The first-order valence-corrected chi connectivity index (χ1v) is 8.42. The first-order chi connectivity index (χ1) is 11.4. The van der Waals surface area contributed by atoms with Gasteiger partial charge in [-0.2, -0.15) is 0 Å². The number of benzene rings is 1. The van der Waals surface area contributed by atoms with Gasteiger partial charge < -0.3 is 10.6 Å². The van der Waals surface area contributed by atoms with Gasteiger partial charge in [-0.15, -0.1) is 0 Å². The number of hydrogen-bond acceptors (Lipinski definition) is 3. The SMILES string of the molecule is C=C(C)CNC(=S)Nc1ccc(C2(CC)CCC(=O)NC2=O)cc1. The summed E-state index contributed by atoms with van der Waals surface area (Å²) in [5, 5.41) is 9.15. The Morgan fingerprint density at radius 2 is 2.00 bits per heavy atom. The number of amides is 2. The monoisotopic (exact) mass is 345 g/mol. The van der Waals surface area contributed by atoms with Crippen molar-refractivity contribution < 1.29 is 9.59 Å². The molecule has 0 spiro atoms. The molecule has 2 rings (SSSR count). The van der Waals surface area contributed by atoms with Gasteiger partial charge in [0.15, 0.2) is 5.11 Å². The molecule has 0 bridgehead atoms. The fourth-order valence-electron chi connectivity index (χ4n) is 2.85. The number of piperidine rings is 1. The summed E-state index contributed by atoms with van der Waals surface area (Å²) in [6.45, 7) is 8.33. The predicted octanol–water partition coefficient (Wildman–Crippen LogP) is 2.63. The third-order valence-electron chi connectivity index (χ3n) is 4.32. The van der Waals surface area contributed by atoms with Gasteiger partial charge in [0.1, 0.15) is 0 Å². The molecule has 128 valence electrons.